The normalized spacial score (nSPS) is 14.0. The van der Waals surface area contributed by atoms with Crippen molar-refractivity contribution in [2.45, 2.75) is 38.1 Å². The van der Waals surface area contributed by atoms with Crippen LogP contribution in [0.25, 0.3) is 0 Å². The van der Waals surface area contributed by atoms with Crippen molar-refractivity contribution in [3.8, 4) is 11.5 Å². The van der Waals surface area contributed by atoms with Crippen LogP contribution in [0, 0.1) is 10.1 Å². The average Bonchev–Trinajstić information content (AvgIpc) is 2.65. The molecule has 1 aliphatic carbocycles. The molecule has 0 atom stereocenters. The molecule has 0 unspecified atom stereocenters. The molecule has 1 aliphatic rings. The van der Waals surface area contributed by atoms with E-state index in [1.807, 2.05) is 0 Å². The third-order valence-corrected chi connectivity index (χ3v) is 4.70. The van der Waals surface area contributed by atoms with E-state index in [1.54, 1.807) is 6.07 Å². The van der Waals surface area contributed by atoms with E-state index in [0.29, 0.717) is 11.1 Å². The SMILES string of the molecule is NC1CCCCC1.O=C(O)c1cc(Oc2ccc(Cl)cc2Cl)ccc1[N+](=O)[O-]. The molecule has 28 heavy (non-hydrogen) atoms. The summed E-state index contributed by atoms with van der Waals surface area (Å²) >= 11 is 11.7. The summed E-state index contributed by atoms with van der Waals surface area (Å²) < 4.78 is 5.41. The van der Waals surface area contributed by atoms with E-state index < -0.39 is 22.1 Å². The number of halogens is 2. The quantitative estimate of drug-likeness (QED) is 0.480. The minimum Gasteiger partial charge on any atom is -0.477 e. The second-order valence-electron chi connectivity index (χ2n) is 6.32. The summed E-state index contributed by atoms with van der Waals surface area (Å²) in [6.07, 6.45) is 6.66. The number of aromatic carboxylic acids is 1. The van der Waals surface area contributed by atoms with Crippen molar-refractivity contribution in [3.05, 3.63) is 62.1 Å². The Balaban J connectivity index is 0.000000336. The topological polar surface area (TPSA) is 116 Å². The van der Waals surface area contributed by atoms with Crippen LogP contribution in [0.4, 0.5) is 5.69 Å². The Morgan fingerprint density at radius 1 is 1.14 bits per heavy atom. The Morgan fingerprint density at radius 3 is 2.32 bits per heavy atom. The number of nitrogens with zero attached hydrogens (tertiary/aromatic N) is 1. The second-order valence-corrected chi connectivity index (χ2v) is 7.16. The molecule has 0 amide bonds. The van der Waals surface area contributed by atoms with E-state index in [4.69, 9.17) is 38.8 Å². The zero-order valence-corrected chi connectivity index (χ0v) is 16.4. The first-order valence-electron chi connectivity index (χ1n) is 8.68. The molecule has 3 rings (SSSR count). The van der Waals surface area contributed by atoms with Gasteiger partial charge in [0.15, 0.2) is 0 Å². The Kier molecular flexibility index (Phi) is 8.04. The van der Waals surface area contributed by atoms with E-state index in [1.165, 1.54) is 50.3 Å². The molecule has 0 saturated heterocycles. The number of nitrogens with two attached hydrogens (primary N) is 1. The van der Waals surface area contributed by atoms with E-state index in [9.17, 15) is 14.9 Å². The summed E-state index contributed by atoms with van der Waals surface area (Å²) in [7, 11) is 0. The van der Waals surface area contributed by atoms with E-state index in [-0.39, 0.29) is 16.5 Å². The van der Waals surface area contributed by atoms with E-state index in [2.05, 4.69) is 0 Å². The van der Waals surface area contributed by atoms with Gasteiger partial charge in [0.1, 0.15) is 17.1 Å². The molecule has 0 aliphatic heterocycles. The first kappa shape index (κ1) is 21.9. The molecular formula is C19H20Cl2N2O5. The molecule has 0 spiro atoms. The van der Waals surface area contributed by atoms with Crippen molar-refractivity contribution in [3.63, 3.8) is 0 Å². The van der Waals surface area contributed by atoms with Gasteiger partial charge in [0, 0.05) is 23.2 Å². The van der Waals surface area contributed by atoms with E-state index in [0.717, 1.165) is 12.1 Å². The van der Waals surface area contributed by atoms with Crippen LogP contribution in [-0.4, -0.2) is 22.0 Å². The van der Waals surface area contributed by atoms with Gasteiger partial charge in [-0.1, -0.05) is 42.5 Å². The molecule has 0 radical (unpaired) electrons. The van der Waals surface area contributed by atoms with Crippen LogP contribution in [0.3, 0.4) is 0 Å². The monoisotopic (exact) mass is 426 g/mol. The van der Waals surface area contributed by atoms with Gasteiger partial charge in [0.2, 0.25) is 0 Å². The summed E-state index contributed by atoms with van der Waals surface area (Å²) in [6.45, 7) is 0. The Hall–Kier alpha value is -2.35. The van der Waals surface area contributed by atoms with Crippen molar-refractivity contribution in [2.75, 3.05) is 0 Å². The zero-order chi connectivity index (χ0) is 20.7. The predicted molar refractivity (Wildman–Crippen MR) is 108 cm³/mol. The fraction of sp³-hybridized carbons (Fsp3) is 0.316. The summed E-state index contributed by atoms with van der Waals surface area (Å²) in [5, 5.41) is 20.4. The van der Waals surface area contributed by atoms with Crippen LogP contribution in [-0.2, 0) is 0 Å². The fourth-order valence-electron chi connectivity index (χ4n) is 2.73. The fourth-order valence-corrected chi connectivity index (χ4v) is 3.18. The second kappa shape index (κ2) is 10.3. The number of carbonyl (C=O) groups is 1. The van der Waals surface area contributed by atoms with Crippen LogP contribution in [0.2, 0.25) is 10.0 Å². The Morgan fingerprint density at radius 2 is 1.82 bits per heavy atom. The lowest BCUT2D eigenvalue weighted by atomic mass is 9.97. The number of benzene rings is 2. The summed E-state index contributed by atoms with van der Waals surface area (Å²) in [5.74, 6) is -1.05. The van der Waals surface area contributed by atoms with E-state index >= 15 is 0 Å². The molecule has 150 valence electrons. The van der Waals surface area contributed by atoms with Gasteiger partial charge in [0.25, 0.3) is 5.69 Å². The molecule has 9 heteroatoms. The molecule has 0 bridgehead atoms. The number of hydrogen-bond acceptors (Lipinski definition) is 5. The number of carboxylic acid groups (broad SMARTS) is 1. The molecule has 2 aromatic carbocycles. The molecule has 1 fully saturated rings. The lowest BCUT2D eigenvalue weighted by Crippen LogP contribution is -2.22. The van der Waals surface area contributed by atoms with Crippen molar-refractivity contribution < 1.29 is 19.6 Å². The van der Waals surface area contributed by atoms with Crippen LogP contribution < -0.4 is 10.5 Å². The van der Waals surface area contributed by atoms with Crippen molar-refractivity contribution in [2.24, 2.45) is 5.73 Å². The van der Waals surface area contributed by atoms with Crippen LogP contribution >= 0.6 is 23.2 Å². The zero-order valence-electron chi connectivity index (χ0n) is 14.9. The van der Waals surface area contributed by atoms with Gasteiger partial charge in [0.05, 0.1) is 9.95 Å². The highest BCUT2D eigenvalue weighted by Gasteiger charge is 2.20. The van der Waals surface area contributed by atoms with Gasteiger partial charge in [-0.3, -0.25) is 10.1 Å². The minimum absolute atomic E-state index is 0.113. The molecule has 3 N–H and O–H groups in total. The van der Waals surface area contributed by atoms with Gasteiger partial charge in [-0.25, -0.2) is 4.79 Å². The Bertz CT molecular complexity index is 854. The van der Waals surface area contributed by atoms with Crippen LogP contribution in [0.1, 0.15) is 42.5 Å². The Labute approximate surface area is 172 Å². The lowest BCUT2D eigenvalue weighted by Gasteiger charge is -2.15. The van der Waals surface area contributed by atoms with Crippen molar-refractivity contribution >= 4 is 34.9 Å². The highest BCUT2D eigenvalue weighted by Crippen LogP contribution is 2.33. The number of hydrogen-bond donors (Lipinski definition) is 2. The highest BCUT2D eigenvalue weighted by molar-refractivity contribution is 6.35. The molecule has 1 saturated carbocycles. The highest BCUT2D eigenvalue weighted by atomic mass is 35.5. The van der Waals surface area contributed by atoms with Gasteiger partial charge in [-0.2, -0.15) is 0 Å². The largest absolute Gasteiger partial charge is 0.477 e. The minimum atomic E-state index is -1.42. The lowest BCUT2D eigenvalue weighted by molar-refractivity contribution is -0.385. The predicted octanol–water partition coefficient (Wildman–Crippen LogP) is 5.67. The maximum Gasteiger partial charge on any atom is 0.342 e. The van der Waals surface area contributed by atoms with Gasteiger partial charge >= 0.3 is 5.97 Å². The molecule has 0 heterocycles. The number of carboxylic acids is 1. The first-order valence-corrected chi connectivity index (χ1v) is 9.43. The maximum absolute atomic E-state index is 11.0. The summed E-state index contributed by atoms with van der Waals surface area (Å²) in [4.78, 5) is 21.0. The molecule has 2 aromatic rings. The van der Waals surface area contributed by atoms with Crippen LogP contribution in [0.5, 0.6) is 11.5 Å². The molecule has 7 nitrogen and oxygen atoms in total. The third kappa shape index (κ3) is 6.37. The number of nitro groups is 1. The summed E-state index contributed by atoms with van der Waals surface area (Å²) in [5.41, 5.74) is 4.65. The third-order valence-electron chi connectivity index (χ3n) is 4.17. The molecule has 0 aromatic heterocycles. The number of ether oxygens (including phenoxy) is 1. The smallest absolute Gasteiger partial charge is 0.342 e. The standard InChI is InChI=1S/C13H7Cl2NO5.C6H13N/c14-7-1-4-12(10(15)5-7)21-8-2-3-11(16(19)20)9(6-8)13(17)18;7-6-4-2-1-3-5-6/h1-6H,(H,17,18);6H,1-5,7H2. The number of rotatable bonds is 4. The number of nitro benzene ring substituents is 1. The molecular weight excluding hydrogens is 407 g/mol. The van der Waals surface area contributed by atoms with Gasteiger partial charge in [-0.15, -0.1) is 0 Å². The van der Waals surface area contributed by atoms with Gasteiger partial charge in [-0.05, 0) is 37.1 Å². The van der Waals surface area contributed by atoms with Crippen LogP contribution in [0.15, 0.2) is 36.4 Å². The maximum atomic E-state index is 11.0. The van der Waals surface area contributed by atoms with Crippen molar-refractivity contribution in [1.29, 1.82) is 0 Å². The average molecular weight is 427 g/mol. The van der Waals surface area contributed by atoms with Crippen molar-refractivity contribution in [1.82, 2.24) is 0 Å². The van der Waals surface area contributed by atoms with Gasteiger partial charge < -0.3 is 15.6 Å². The first-order chi connectivity index (χ1) is 13.3. The summed E-state index contributed by atoms with van der Waals surface area (Å²) in [6, 6.07) is 8.46.